The van der Waals surface area contributed by atoms with E-state index in [0.29, 0.717) is 0 Å². The van der Waals surface area contributed by atoms with Gasteiger partial charge in [-0.2, -0.15) is 0 Å². The van der Waals surface area contributed by atoms with Gasteiger partial charge in [0, 0.05) is 16.3 Å². The summed E-state index contributed by atoms with van der Waals surface area (Å²) < 4.78 is 5.76. The highest BCUT2D eigenvalue weighted by Gasteiger charge is 2.08. The third-order valence-electron chi connectivity index (χ3n) is 3.03. The average Bonchev–Trinajstić information content (AvgIpc) is 2.64. The van der Waals surface area contributed by atoms with Crippen LogP contribution < -0.4 is 0 Å². The predicted octanol–water partition coefficient (Wildman–Crippen LogP) is 4.10. The van der Waals surface area contributed by atoms with Crippen LogP contribution in [-0.4, -0.2) is 5.78 Å². The maximum atomic E-state index is 11.4. The van der Waals surface area contributed by atoms with Crippen molar-refractivity contribution in [1.29, 1.82) is 0 Å². The standard InChI is InChI=1S/C15H12O2/c1-9-3-5-12-13-8-11(10(2)16)4-6-14(13)17-15(12)7-9/h3-8H,1-2H3. The molecule has 0 fully saturated rings. The fourth-order valence-corrected chi connectivity index (χ4v) is 2.10. The lowest BCUT2D eigenvalue weighted by Gasteiger charge is -1.95. The molecule has 3 rings (SSSR count). The van der Waals surface area contributed by atoms with Crippen LogP contribution in [0.25, 0.3) is 21.9 Å². The van der Waals surface area contributed by atoms with Crippen LogP contribution in [0.5, 0.6) is 0 Å². The van der Waals surface area contributed by atoms with Gasteiger partial charge in [0.2, 0.25) is 0 Å². The van der Waals surface area contributed by atoms with Crippen LogP contribution in [0, 0.1) is 6.92 Å². The van der Waals surface area contributed by atoms with Crippen molar-refractivity contribution in [2.24, 2.45) is 0 Å². The summed E-state index contributed by atoms with van der Waals surface area (Å²) in [6.45, 7) is 3.61. The van der Waals surface area contributed by atoms with Crippen molar-refractivity contribution in [2.45, 2.75) is 13.8 Å². The molecule has 0 atom stereocenters. The number of furan rings is 1. The van der Waals surface area contributed by atoms with E-state index in [1.165, 1.54) is 5.56 Å². The molecule has 17 heavy (non-hydrogen) atoms. The second kappa shape index (κ2) is 3.45. The van der Waals surface area contributed by atoms with E-state index >= 15 is 0 Å². The van der Waals surface area contributed by atoms with Gasteiger partial charge in [0.05, 0.1) is 0 Å². The van der Waals surface area contributed by atoms with E-state index < -0.39 is 0 Å². The zero-order valence-electron chi connectivity index (χ0n) is 9.78. The minimum Gasteiger partial charge on any atom is -0.456 e. The number of rotatable bonds is 1. The molecule has 0 aliphatic carbocycles. The Kier molecular flexibility index (Phi) is 2.05. The summed E-state index contributed by atoms with van der Waals surface area (Å²) in [6, 6.07) is 11.7. The normalized spacial score (nSPS) is 11.2. The van der Waals surface area contributed by atoms with Crippen LogP contribution in [0.2, 0.25) is 0 Å². The van der Waals surface area contributed by atoms with E-state index in [1.807, 2.05) is 31.2 Å². The summed E-state index contributed by atoms with van der Waals surface area (Å²) in [5, 5.41) is 2.07. The Morgan fingerprint density at radius 2 is 1.82 bits per heavy atom. The Morgan fingerprint density at radius 1 is 1.00 bits per heavy atom. The smallest absolute Gasteiger partial charge is 0.159 e. The molecule has 1 aromatic heterocycles. The van der Waals surface area contributed by atoms with Crippen molar-refractivity contribution < 1.29 is 9.21 Å². The minimum atomic E-state index is 0.0772. The molecule has 2 heteroatoms. The molecule has 2 nitrogen and oxygen atoms in total. The Morgan fingerprint density at radius 3 is 2.59 bits per heavy atom. The zero-order valence-corrected chi connectivity index (χ0v) is 9.78. The summed E-state index contributed by atoms with van der Waals surface area (Å²) in [4.78, 5) is 11.4. The molecular formula is C15H12O2. The summed E-state index contributed by atoms with van der Waals surface area (Å²) in [5.41, 5.74) is 3.60. The van der Waals surface area contributed by atoms with Crippen LogP contribution in [0.15, 0.2) is 40.8 Å². The number of benzene rings is 2. The van der Waals surface area contributed by atoms with Crippen LogP contribution >= 0.6 is 0 Å². The van der Waals surface area contributed by atoms with Crippen molar-refractivity contribution in [3.05, 3.63) is 47.5 Å². The first-order valence-corrected chi connectivity index (χ1v) is 5.59. The van der Waals surface area contributed by atoms with Gasteiger partial charge >= 0.3 is 0 Å². The molecule has 0 saturated heterocycles. The fraction of sp³-hybridized carbons (Fsp3) is 0.133. The highest BCUT2D eigenvalue weighted by Crippen LogP contribution is 2.30. The van der Waals surface area contributed by atoms with Crippen LogP contribution in [0.3, 0.4) is 0 Å². The van der Waals surface area contributed by atoms with Gasteiger partial charge < -0.3 is 4.42 Å². The van der Waals surface area contributed by atoms with E-state index in [0.717, 1.165) is 27.5 Å². The summed E-state index contributed by atoms with van der Waals surface area (Å²) in [7, 11) is 0. The second-order valence-corrected chi connectivity index (χ2v) is 4.37. The van der Waals surface area contributed by atoms with Crippen LogP contribution in [-0.2, 0) is 0 Å². The summed E-state index contributed by atoms with van der Waals surface area (Å²) in [6.07, 6.45) is 0. The largest absolute Gasteiger partial charge is 0.456 e. The lowest BCUT2D eigenvalue weighted by atomic mass is 10.1. The molecular weight excluding hydrogens is 212 g/mol. The Labute approximate surface area is 98.8 Å². The van der Waals surface area contributed by atoms with Gasteiger partial charge in [-0.05, 0) is 43.7 Å². The lowest BCUT2D eigenvalue weighted by molar-refractivity contribution is 0.101. The van der Waals surface area contributed by atoms with E-state index in [-0.39, 0.29) is 5.78 Å². The molecule has 3 aromatic rings. The summed E-state index contributed by atoms with van der Waals surface area (Å²) in [5.74, 6) is 0.0772. The monoisotopic (exact) mass is 224 g/mol. The van der Waals surface area contributed by atoms with Crippen molar-refractivity contribution >= 4 is 27.7 Å². The van der Waals surface area contributed by atoms with Gasteiger partial charge in [-0.15, -0.1) is 0 Å². The highest BCUT2D eigenvalue weighted by molar-refractivity contribution is 6.08. The third kappa shape index (κ3) is 1.53. The SMILES string of the molecule is CC(=O)c1ccc2oc3cc(C)ccc3c2c1. The molecule has 0 spiro atoms. The van der Waals surface area contributed by atoms with Gasteiger partial charge in [-0.3, -0.25) is 4.79 Å². The van der Waals surface area contributed by atoms with Gasteiger partial charge in [-0.25, -0.2) is 0 Å². The van der Waals surface area contributed by atoms with Crippen molar-refractivity contribution in [3.8, 4) is 0 Å². The number of ketones is 1. The second-order valence-electron chi connectivity index (χ2n) is 4.37. The molecule has 0 amide bonds. The van der Waals surface area contributed by atoms with Gasteiger partial charge in [-0.1, -0.05) is 12.1 Å². The fourth-order valence-electron chi connectivity index (χ4n) is 2.10. The van der Waals surface area contributed by atoms with Crippen molar-refractivity contribution in [2.75, 3.05) is 0 Å². The first-order chi connectivity index (χ1) is 8.15. The molecule has 84 valence electrons. The quantitative estimate of drug-likeness (QED) is 0.582. The molecule has 0 radical (unpaired) electrons. The van der Waals surface area contributed by atoms with Crippen LogP contribution in [0.1, 0.15) is 22.8 Å². The van der Waals surface area contributed by atoms with Crippen LogP contribution in [0.4, 0.5) is 0 Å². The van der Waals surface area contributed by atoms with Gasteiger partial charge in [0.1, 0.15) is 11.2 Å². The number of aryl methyl sites for hydroxylation is 1. The average molecular weight is 224 g/mol. The number of hydrogen-bond acceptors (Lipinski definition) is 2. The molecule has 2 aromatic carbocycles. The van der Waals surface area contributed by atoms with E-state index in [9.17, 15) is 4.79 Å². The number of Topliss-reactive ketones (excluding diaryl/α,β-unsaturated/α-hetero) is 1. The van der Waals surface area contributed by atoms with E-state index in [4.69, 9.17) is 4.42 Å². The van der Waals surface area contributed by atoms with Gasteiger partial charge in [0.15, 0.2) is 5.78 Å². The number of fused-ring (bicyclic) bond motifs is 3. The molecule has 0 bridgehead atoms. The van der Waals surface area contributed by atoms with E-state index in [2.05, 4.69) is 6.07 Å². The first kappa shape index (κ1) is 10.1. The summed E-state index contributed by atoms with van der Waals surface area (Å²) >= 11 is 0. The molecule has 0 aliphatic heterocycles. The lowest BCUT2D eigenvalue weighted by Crippen LogP contribution is -1.89. The number of hydrogen-bond donors (Lipinski definition) is 0. The number of carbonyl (C=O) groups is 1. The predicted molar refractivity (Wildman–Crippen MR) is 68.5 cm³/mol. The Balaban J connectivity index is 2.41. The number of carbonyl (C=O) groups excluding carboxylic acids is 1. The third-order valence-corrected chi connectivity index (χ3v) is 3.03. The molecule has 0 aliphatic rings. The zero-order chi connectivity index (χ0) is 12.0. The minimum absolute atomic E-state index is 0.0772. The van der Waals surface area contributed by atoms with Gasteiger partial charge in [0.25, 0.3) is 0 Å². The molecule has 0 N–H and O–H groups in total. The molecule has 0 unspecified atom stereocenters. The van der Waals surface area contributed by atoms with Crippen molar-refractivity contribution in [1.82, 2.24) is 0 Å². The molecule has 1 heterocycles. The molecule has 0 saturated carbocycles. The Hall–Kier alpha value is -2.09. The maximum absolute atomic E-state index is 11.4. The highest BCUT2D eigenvalue weighted by atomic mass is 16.3. The van der Waals surface area contributed by atoms with Crippen molar-refractivity contribution in [3.63, 3.8) is 0 Å². The van der Waals surface area contributed by atoms with E-state index in [1.54, 1.807) is 13.0 Å². The Bertz CT molecular complexity index is 735. The topological polar surface area (TPSA) is 30.2 Å². The maximum Gasteiger partial charge on any atom is 0.159 e. The first-order valence-electron chi connectivity index (χ1n) is 5.59.